The average molecular weight is 726 g/mol. The molecule has 0 fully saturated rings. The zero-order valence-electron chi connectivity index (χ0n) is 31.3. The Morgan fingerprint density at radius 3 is 2.07 bits per heavy atom. The number of nitrogens with zero attached hydrogens (tertiary/aromatic N) is 3. The molecule has 3 aliphatic carbocycles. The topological polar surface area (TPSA) is 41.6 Å². The van der Waals surface area contributed by atoms with Crippen molar-refractivity contribution in [3.63, 3.8) is 0 Å². The van der Waals surface area contributed by atoms with Crippen molar-refractivity contribution in [3.8, 4) is 50.7 Å². The van der Waals surface area contributed by atoms with E-state index in [0.717, 1.165) is 33.8 Å². The monoisotopic (exact) mass is 725 g/mol. The summed E-state index contributed by atoms with van der Waals surface area (Å²) in [5.41, 5.74) is 18.6. The summed E-state index contributed by atoms with van der Waals surface area (Å²) in [4.78, 5) is 5.29. The molecule has 0 saturated carbocycles. The fraction of sp³-hybridized carbons (Fsp3) is 0.0741. The molecule has 0 N–H and O–H groups in total. The van der Waals surface area contributed by atoms with Gasteiger partial charge in [-0.1, -0.05) is 165 Å². The molecule has 2 aromatic heterocycles. The molecule has 0 saturated heterocycles. The van der Waals surface area contributed by atoms with Gasteiger partial charge in [-0.15, -0.1) is 0 Å². The number of aromatic nitrogens is 2. The van der Waals surface area contributed by atoms with Crippen molar-refractivity contribution in [3.05, 3.63) is 204 Å². The number of pyridine rings is 1. The Bertz CT molecular complexity index is 3270. The fourth-order valence-electron chi connectivity index (χ4n) is 10.4. The smallest absolute Gasteiger partial charge is 0.102 e. The van der Waals surface area contributed by atoms with Gasteiger partial charge in [-0.2, -0.15) is 5.26 Å². The van der Waals surface area contributed by atoms with E-state index in [0.29, 0.717) is 5.56 Å². The quantitative estimate of drug-likeness (QED) is 0.181. The van der Waals surface area contributed by atoms with Gasteiger partial charge in [0.15, 0.2) is 0 Å². The van der Waals surface area contributed by atoms with E-state index in [1.54, 1.807) is 0 Å². The van der Waals surface area contributed by atoms with Gasteiger partial charge in [-0.05, 0) is 74.0 Å². The Kier molecular flexibility index (Phi) is 6.80. The van der Waals surface area contributed by atoms with E-state index in [4.69, 9.17) is 4.98 Å². The molecule has 3 heteroatoms. The van der Waals surface area contributed by atoms with Gasteiger partial charge in [-0.25, -0.2) is 0 Å². The number of hydrogen-bond acceptors (Lipinski definition) is 2. The third kappa shape index (κ3) is 4.44. The zero-order valence-corrected chi connectivity index (χ0v) is 31.3. The van der Waals surface area contributed by atoms with E-state index in [2.05, 4.69) is 157 Å². The molecule has 0 bridgehead atoms. The predicted molar refractivity (Wildman–Crippen MR) is 234 cm³/mol. The highest BCUT2D eigenvalue weighted by atomic mass is 15.0. The Hall–Kier alpha value is -7.28. The first kappa shape index (κ1) is 32.0. The van der Waals surface area contributed by atoms with Crippen LogP contribution in [0.15, 0.2) is 176 Å². The maximum Gasteiger partial charge on any atom is 0.102 e. The zero-order chi connectivity index (χ0) is 37.8. The summed E-state index contributed by atoms with van der Waals surface area (Å²) < 4.78 is 2.50. The van der Waals surface area contributed by atoms with Crippen LogP contribution in [-0.2, 0) is 0 Å². The van der Waals surface area contributed by atoms with Crippen LogP contribution in [0.5, 0.6) is 0 Å². The van der Waals surface area contributed by atoms with Crippen LogP contribution < -0.4 is 0 Å². The number of benzene rings is 7. The molecule has 0 spiro atoms. The molecule has 3 unspecified atom stereocenters. The molecule has 7 aromatic carbocycles. The molecule has 9 aromatic rings. The van der Waals surface area contributed by atoms with E-state index in [1.807, 2.05) is 36.4 Å². The predicted octanol–water partition coefficient (Wildman–Crippen LogP) is 13.5. The van der Waals surface area contributed by atoms with Crippen LogP contribution in [0, 0.1) is 17.2 Å². The van der Waals surface area contributed by atoms with Gasteiger partial charge in [-0.3, -0.25) is 4.98 Å². The molecule has 12 rings (SSSR count). The maximum absolute atomic E-state index is 10.8. The largest absolute Gasteiger partial charge is 0.309 e. The standard InChI is InChI=1S/C54H35N3/c1-32-29-35(27-28-36(32)53-45(31-55)44(33-15-4-2-5-16-33)30-46(56-53)34-17-6-3-7-18-34)57-47-26-13-12-23-42(47)52-51-43-25-14-24-38-37-19-8-9-20-39(37)49(48(38)43)50(51)40-21-10-11-22-41(40)54(52)57/h2-30,32,36,49H,1H3. The number of hydrogen-bond donors (Lipinski definition) is 0. The summed E-state index contributed by atoms with van der Waals surface area (Å²) in [6.45, 7) is 2.27. The third-order valence-corrected chi connectivity index (χ3v) is 12.7. The van der Waals surface area contributed by atoms with Crippen molar-refractivity contribution in [1.82, 2.24) is 9.55 Å². The molecular formula is C54H35N3. The lowest BCUT2D eigenvalue weighted by Gasteiger charge is -2.26. The van der Waals surface area contributed by atoms with Gasteiger partial charge < -0.3 is 4.57 Å². The lowest BCUT2D eigenvalue weighted by molar-refractivity contribution is 0.619. The van der Waals surface area contributed by atoms with Crippen LogP contribution in [0.4, 0.5) is 0 Å². The van der Waals surface area contributed by atoms with Gasteiger partial charge in [0.1, 0.15) is 6.07 Å². The van der Waals surface area contributed by atoms with Crippen molar-refractivity contribution in [2.24, 2.45) is 5.92 Å². The van der Waals surface area contributed by atoms with Crippen molar-refractivity contribution in [2.75, 3.05) is 0 Å². The number of rotatable bonds is 4. The SMILES string of the molecule is CC1C=C(n2c3ccccc3c3c4c(c5ccccc5c32)C2c3ccccc3-c3cccc-4c32)C=CC1c1nc(-c2ccccc2)cc(-c2ccccc2)c1C#N. The summed E-state index contributed by atoms with van der Waals surface area (Å²) in [7, 11) is 0. The molecule has 0 amide bonds. The van der Waals surface area contributed by atoms with Crippen LogP contribution in [0.1, 0.15) is 46.7 Å². The lowest BCUT2D eigenvalue weighted by atomic mass is 9.82. The lowest BCUT2D eigenvalue weighted by Crippen LogP contribution is -2.15. The Morgan fingerprint density at radius 1 is 0.614 bits per heavy atom. The average Bonchev–Trinajstić information content (AvgIpc) is 3.92. The first-order chi connectivity index (χ1) is 28.2. The summed E-state index contributed by atoms with van der Waals surface area (Å²) >= 11 is 0. The number of fused-ring (bicyclic) bond motifs is 13. The molecule has 3 aliphatic rings. The van der Waals surface area contributed by atoms with Crippen molar-refractivity contribution in [1.29, 1.82) is 5.26 Å². The summed E-state index contributed by atoms with van der Waals surface area (Å²) in [5.74, 6) is 0.182. The van der Waals surface area contributed by atoms with E-state index >= 15 is 0 Å². The van der Waals surface area contributed by atoms with Crippen LogP contribution in [0.25, 0.3) is 82.9 Å². The van der Waals surface area contributed by atoms with Gasteiger partial charge in [0.05, 0.1) is 28.0 Å². The highest BCUT2D eigenvalue weighted by molar-refractivity contribution is 6.28. The van der Waals surface area contributed by atoms with Crippen molar-refractivity contribution in [2.45, 2.75) is 18.8 Å². The number of nitriles is 1. The van der Waals surface area contributed by atoms with E-state index in [-0.39, 0.29) is 17.8 Å². The van der Waals surface area contributed by atoms with Gasteiger partial charge >= 0.3 is 0 Å². The van der Waals surface area contributed by atoms with E-state index in [9.17, 15) is 5.26 Å². The molecule has 2 heterocycles. The van der Waals surface area contributed by atoms with Crippen molar-refractivity contribution >= 4 is 38.3 Å². The number of allylic oxidation sites excluding steroid dienone is 4. The normalized spacial score (nSPS) is 17.4. The Labute approximate surface area is 331 Å². The minimum Gasteiger partial charge on any atom is -0.309 e. The molecule has 0 aliphatic heterocycles. The van der Waals surface area contributed by atoms with Gasteiger partial charge in [0.25, 0.3) is 0 Å². The van der Waals surface area contributed by atoms with Crippen LogP contribution in [-0.4, -0.2) is 9.55 Å². The molecule has 57 heavy (non-hydrogen) atoms. The first-order valence-electron chi connectivity index (χ1n) is 19.9. The second-order valence-corrected chi connectivity index (χ2v) is 15.7. The first-order valence-corrected chi connectivity index (χ1v) is 19.9. The highest BCUT2D eigenvalue weighted by Gasteiger charge is 2.41. The van der Waals surface area contributed by atoms with Crippen LogP contribution >= 0.6 is 0 Å². The Morgan fingerprint density at radius 2 is 1.28 bits per heavy atom. The van der Waals surface area contributed by atoms with E-state index in [1.165, 1.54) is 71.5 Å². The molecule has 3 atom stereocenters. The number of para-hydroxylation sites is 1. The van der Waals surface area contributed by atoms with Crippen molar-refractivity contribution < 1.29 is 0 Å². The summed E-state index contributed by atoms with van der Waals surface area (Å²) in [6, 6.07) is 59.1. The maximum atomic E-state index is 10.8. The van der Waals surface area contributed by atoms with Crippen LogP contribution in [0.2, 0.25) is 0 Å². The molecule has 266 valence electrons. The fourth-order valence-corrected chi connectivity index (χ4v) is 10.4. The molecule has 3 nitrogen and oxygen atoms in total. The van der Waals surface area contributed by atoms with Gasteiger partial charge in [0.2, 0.25) is 0 Å². The summed E-state index contributed by atoms with van der Waals surface area (Å²) in [6.07, 6.45) is 6.95. The minimum absolute atomic E-state index is 0.0610. The second kappa shape index (κ2) is 12.1. The second-order valence-electron chi connectivity index (χ2n) is 15.7. The molecule has 0 radical (unpaired) electrons. The van der Waals surface area contributed by atoms with Gasteiger partial charge in [0, 0.05) is 44.8 Å². The highest BCUT2D eigenvalue weighted by Crippen LogP contribution is 2.62. The molecular weight excluding hydrogens is 691 g/mol. The van der Waals surface area contributed by atoms with Crippen LogP contribution in [0.3, 0.4) is 0 Å². The minimum atomic E-state index is -0.0902. The Balaban J connectivity index is 1.08. The van der Waals surface area contributed by atoms with E-state index < -0.39 is 0 Å². The summed E-state index contributed by atoms with van der Waals surface area (Å²) in [5, 5.41) is 15.9. The third-order valence-electron chi connectivity index (χ3n) is 12.7.